The van der Waals surface area contributed by atoms with E-state index in [-0.39, 0.29) is 17.5 Å². The molecule has 0 unspecified atom stereocenters. The van der Waals surface area contributed by atoms with Crippen LogP contribution in [-0.4, -0.2) is 29.6 Å². The van der Waals surface area contributed by atoms with Gasteiger partial charge in [0, 0.05) is 22.0 Å². The fraction of sp³-hybridized carbons (Fsp3) is 0.179. The molecule has 3 aliphatic rings. The van der Waals surface area contributed by atoms with Gasteiger partial charge in [0.1, 0.15) is 5.41 Å². The molecular formula is C28H21ClN2O3. The molecule has 0 saturated carbocycles. The summed E-state index contributed by atoms with van der Waals surface area (Å²) in [7, 11) is 0. The Morgan fingerprint density at radius 2 is 1.68 bits per heavy atom. The molecule has 1 N–H and O–H groups in total. The van der Waals surface area contributed by atoms with Crippen molar-refractivity contribution >= 4 is 46.5 Å². The Hall–Kier alpha value is -3.70. The lowest BCUT2D eigenvalue weighted by Crippen LogP contribution is -2.51. The molecule has 6 heteroatoms. The SMILES string of the molecule is CC(=O)[C@H]1[C@@H](C(=O)c2ccc(Cl)cc2)[C@]2(C(=O)Nc3ccccc32)[C@@H]2C=Cc3ccccc3N21. The van der Waals surface area contributed by atoms with E-state index in [1.54, 1.807) is 24.3 Å². The maximum absolute atomic E-state index is 14.2. The molecule has 34 heavy (non-hydrogen) atoms. The second-order valence-electron chi connectivity index (χ2n) is 9.04. The molecule has 1 amide bonds. The van der Waals surface area contributed by atoms with E-state index in [2.05, 4.69) is 5.32 Å². The van der Waals surface area contributed by atoms with Crippen molar-refractivity contribution in [3.05, 3.63) is 101 Å². The van der Waals surface area contributed by atoms with Gasteiger partial charge in [-0.15, -0.1) is 0 Å². The van der Waals surface area contributed by atoms with Crippen LogP contribution in [0.4, 0.5) is 11.4 Å². The second kappa shape index (κ2) is 7.40. The topological polar surface area (TPSA) is 66.5 Å². The van der Waals surface area contributed by atoms with Crippen molar-refractivity contribution in [2.24, 2.45) is 5.92 Å². The molecule has 5 nitrogen and oxygen atoms in total. The Morgan fingerprint density at radius 3 is 2.44 bits per heavy atom. The molecule has 3 aliphatic heterocycles. The lowest BCUT2D eigenvalue weighted by Gasteiger charge is -2.37. The summed E-state index contributed by atoms with van der Waals surface area (Å²) < 4.78 is 0. The van der Waals surface area contributed by atoms with Gasteiger partial charge in [-0.3, -0.25) is 14.4 Å². The van der Waals surface area contributed by atoms with Gasteiger partial charge in [-0.1, -0.05) is 60.2 Å². The summed E-state index contributed by atoms with van der Waals surface area (Å²) in [4.78, 5) is 43.4. The Kier molecular flexibility index (Phi) is 4.55. The number of carbonyl (C=O) groups excluding carboxylic acids is 3. The largest absolute Gasteiger partial charge is 0.352 e. The van der Waals surface area contributed by atoms with Gasteiger partial charge in [0.2, 0.25) is 5.91 Å². The van der Waals surface area contributed by atoms with Crippen molar-refractivity contribution in [1.29, 1.82) is 0 Å². The number of nitrogens with one attached hydrogen (secondary N) is 1. The van der Waals surface area contributed by atoms with Crippen molar-refractivity contribution < 1.29 is 14.4 Å². The van der Waals surface area contributed by atoms with E-state index in [4.69, 9.17) is 11.6 Å². The molecule has 1 fully saturated rings. The Labute approximate surface area is 202 Å². The molecule has 3 aromatic carbocycles. The van der Waals surface area contributed by atoms with Crippen LogP contribution in [0.1, 0.15) is 28.4 Å². The minimum Gasteiger partial charge on any atom is -0.352 e. The van der Waals surface area contributed by atoms with E-state index in [0.29, 0.717) is 16.3 Å². The number of anilines is 2. The fourth-order valence-corrected chi connectivity index (χ4v) is 6.19. The zero-order valence-corrected chi connectivity index (χ0v) is 19.1. The molecule has 6 rings (SSSR count). The highest BCUT2D eigenvalue weighted by Crippen LogP contribution is 2.57. The van der Waals surface area contributed by atoms with Crippen LogP contribution in [-0.2, 0) is 15.0 Å². The summed E-state index contributed by atoms with van der Waals surface area (Å²) in [6.07, 6.45) is 3.95. The number of Topliss-reactive ketones (excluding diaryl/α,β-unsaturated/α-hetero) is 2. The summed E-state index contributed by atoms with van der Waals surface area (Å²) >= 11 is 6.07. The highest BCUT2D eigenvalue weighted by Gasteiger charge is 2.69. The van der Waals surface area contributed by atoms with Gasteiger partial charge in [-0.05, 0) is 54.4 Å². The average Bonchev–Trinajstić information content (AvgIpc) is 3.32. The van der Waals surface area contributed by atoms with E-state index >= 15 is 0 Å². The lowest BCUT2D eigenvalue weighted by molar-refractivity contribution is -0.122. The van der Waals surface area contributed by atoms with Crippen molar-refractivity contribution in [3.8, 4) is 0 Å². The predicted octanol–water partition coefficient (Wildman–Crippen LogP) is 4.90. The van der Waals surface area contributed by atoms with Gasteiger partial charge in [0.25, 0.3) is 0 Å². The highest BCUT2D eigenvalue weighted by atomic mass is 35.5. The number of halogens is 1. The molecule has 0 aliphatic carbocycles. The van der Waals surface area contributed by atoms with Gasteiger partial charge in [-0.2, -0.15) is 0 Å². The first-order valence-corrected chi connectivity index (χ1v) is 11.6. The smallest absolute Gasteiger partial charge is 0.238 e. The van der Waals surface area contributed by atoms with Crippen LogP contribution < -0.4 is 10.2 Å². The monoisotopic (exact) mass is 468 g/mol. The van der Waals surface area contributed by atoms with Gasteiger partial charge in [0.05, 0.1) is 18.0 Å². The van der Waals surface area contributed by atoms with Crippen molar-refractivity contribution in [2.75, 3.05) is 10.2 Å². The van der Waals surface area contributed by atoms with E-state index in [0.717, 1.165) is 16.8 Å². The molecule has 3 aromatic rings. The summed E-state index contributed by atoms with van der Waals surface area (Å²) in [6, 6.07) is 20.6. The van der Waals surface area contributed by atoms with Gasteiger partial charge in [-0.25, -0.2) is 0 Å². The van der Waals surface area contributed by atoms with Gasteiger partial charge < -0.3 is 10.2 Å². The normalized spacial score (nSPS) is 26.1. The van der Waals surface area contributed by atoms with Crippen LogP contribution in [0.25, 0.3) is 6.08 Å². The Morgan fingerprint density at radius 1 is 0.971 bits per heavy atom. The number of para-hydroxylation sites is 2. The highest BCUT2D eigenvalue weighted by molar-refractivity contribution is 6.30. The molecular weight excluding hydrogens is 448 g/mol. The summed E-state index contributed by atoms with van der Waals surface area (Å²) in [5.41, 5.74) is 2.39. The fourth-order valence-electron chi connectivity index (χ4n) is 6.07. The molecule has 1 spiro atoms. The zero-order chi connectivity index (χ0) is 23.6. The summed E-state index contributed by atoms with van der Waals surface area (Å²) in [5, 5.41) is 3.52. The number of hydrogen-bond acceptors (Lipinski definition) is 4. The minimum atomic E-state index is -1.26. The quantitative estimate of drug-likeness (QED) is 0.555. The van der Waals surface area contributed by atoms with Crippen LogP contribution in [0.3, 0.4) is 0 Å². The van der Waals surface area contributed by atoms with E-state index in [1.165, 1.54) is 6.92 Å². The third-order valence-corrected chi connectivity index (χ3v) is 7.62. The summed E-state index contributed by atoms with van der Waals surface area (Å²) in [5.74, 6) is -1.58. The first-order valence-electron chi connectivity index (χ1n) is 11.2. The second-order valence-corrected chi connectivity index (χ2v) is 9.48. The van der Waals surface area contributed by atoms with E-state index in [1.807, 2.05) is 65.6 Å². The predicted molar refractivity (Wildman–Crippen MR) is 132 cm³/mol. The summed E-state index contributed by atoms with van der Waals surface area (Å²) in [6.45, 7) is 1.50. The standard InChI is InChI=1S/C28H21ClN2O3/c1-16(32)25-24(26(33)18-10-13-19(29)14-11-18)28(20-7-3-4-8-21(20)30-27(28)34)23-15-12-17-6-2-5-9-22(17)31(23)25/h2-15,23-25H,1H3,(H,30,34)/t23-,24-,25-,28+/m0/s1. The van der Waals surface area contributed by atoms with Gasteiger partial charge in [0.15, 0.2) is 11.6 Å². The number of rotatable bonds is 3. The lowest BCUT2D eigenvalue weighted by atomic mass is 9.64. The van der Waals surface area contributed by atoms with Crippen LogP contribution in [0.15, 0.2) is 78.9 Å². The van der Waals surface area contributed by atoms with Gasteiger partial charge >= 0.3 is 0 Å². The van der Waals surface area contributed by atoms with Crippen LogP contribution in [0.2, 0.25) is 5.02 Å². The maximum Gasteiger partial charge on any atom is 0.238 e. The number of amides is 1. The first-order chi connectivity index (χ1) is 16.4. The number of nitrogens with zero attached hydrogens (tertiary/aromatic N) is 1. The zero-order valence-electron chi connectivity index (χ0n) is 18.4. The number of hydrogen-bond donors (Lipinski definition) is 1. The van der Waals surface area contributed by atoms with Crippen molar-refractivity contribution in [2.45, 2.75) is 24.4 Å². The minimum absolute atomic E-state index is 0.156. The molecule has 168 valence electrons. The number of fused-ring (bicyclic) bond motifs is 6. The molecule has 0 bridgehead atoms. The molecule has 4 atom stereocenters. The van der Waals surface area contributed by atoms with E-state index < -0.39 is 23.4 Å². The van der Waals surface area contributed by atoms with Crippen molar-refractivity contribution in [1.82, 2.24) is 0 Å². The number of carbonyl (C=O) groups is 3. The van der Waals surface area contributed by atoms with E-state index in [9.17, 15) is 14.4 Å². The Bertz CT molecular complexity index is 1400. The maximum atomic E-state index is 14.2. The molecule has 1 saturated heterocycles. The average molecular weight is 469 g/mol. The molecule has 0 radical (unpaired) electrons. The number of benzene rings is 3. The third kappa shape index (κ3) is 2.64. The molecule has 3 heterocycles. The first kappa shape index (κ1) is 20.9. The third-order valence-electron chi connectivity index (χ3n) is 7.37. The van der Waals surface area contributed by atoms with Crippen LogP contribution >= 0.6 is 11.6 Å². The molecule has 0 aromatic heterocycles. The van der Waals surface area contributed by atoms with Crippen LogP contribution in [0.5, 0.6) is 0 Å². The van der Waals surface area contributed by atoms with Crippen LogP contribution in [0, 0.1) is 5.92 Å². The van der Waals surface area contributed by atoms with Crippen molar-refractivity contribution in [3.63, 3.8) is 0 Å². The number of ketones is 2. The Balaban J connectivity index is 1.66.